The van der Waals surface area contributed by atoms with Crippen LogP contribution in [0.25, 0.3) is 0 Å². The Morgan fingerprint density at radius 2 is 2.43 bits per heavy atom. The Labute approximate surface area is 80.6 Å². The van der Waals surface area contributed by atoms with Crippen LogP contribution in [0.1, 0.15) is 23.6 Å². The van der Waals surface area contributed by atoms with Gasteiger partial charge in [0.15, 0.2) is 0 Å². The highest BCUT2D eigenvalue weighted by Gasteiger charge is 2.13. The highest BCUT2D eigenvalue weighted by Crippen LogP contribution is 2.17. The summed E-state index contributed by atoms with van der Waals surface area (Å²) >= 11 is 0. The molecule has 0 fully saturated rings. The second kappa shape index (κ2) is 4.15. The first-order valence-corrected chi connectivity index (χ1v) is 4.10. The average molecular weight is 198 g/mol. The van der Waals surface area contributed by atoms with E-state index in [0.717, 1.165) is 0 Å². The van der Waals surface area contributed by atoms with Crippen molar-refractivity contribution in [1.29, 1.82) is 0 Å². The summed E-state index contributed by atoms with van der Waals surface area (Å²) in [4.78, 5) is 13.8. The number of carbonyl (C=O) groups is 1. The molecule has 0 radical (unpaired) electrons. The topological polar surface area (TPSA) is 76.2 Å². The van der Waals surface area contributed by atoms with Crippen molar-refractivity contribution in [1.82, 2.24) is 4.98 Å². The van der Waals surface area contributed by atoms with Crippen molar-refractivity contribution in [3.63, 3.8) is 0 Å². The maximum Gasteiger partial charge on any atom is 0.305 e. The van der Waals surface area contributed by atoms with Crippen LogP contribution < -0.4 is 5.73 Å². The van der Waals surface area contributed by atoms with Crippen molar-refractivity contribution in [2.24, 2.45) is 5.73 Å². The minimum atomic E-state index is -0.985. The monoisotopic (exact) mass is 198 g/mol. The van der Waals surface area contributed by atoms with Gasteiger partial charge in [0.05, 0.1) is 6.42 Å². The van der Waals surface area contributed by atoms with Gasteiger partial charge in [-0.3, -0.25) is 4.79 Å². The highest BCUT2D eigenvalue weighted by atomic mass is 19.1. The van der Waals surface area contributed by atoms with Crippen LogP contribution in [0.4, 0.5) is 4.39 Å². The molecule has 1 aromatic rings. The summed E-state index contributed by atoms with van der Waals surface area (Å²) in [7, 11) is 0. The van der Waals surface area contributed by atoms with Crippen LogP contribution in [0.5, 0.6) is 0 Å². The molecule has 1 aromatic heterocycles. The number of pyridine rings is 1. The van der Waals surface area contributed by atoms with Gasteiger partial charge in [0, 0.05) is 12.2 Å². The molecule has 0 saturated heterocycles. The quantitative estimate of drug-likeness (QED) is 0.710. The van der Waals surface area contributed by atoms with E-state index in [-0.39, 0.29) is 6.42 Å². The minimum Gasteiger partial charge on any atom is -0.481 e. The van der Waals surface area contributed by atoms with Gasteiger partial charge in [0.1, 0.15) is 0 Å². The summed E-state index contributed by atoms with van der Waals surface area (Å²) in [5.74, 6) is -1.57. The van der Waals surface area contributed by atoms with Crippen LogP contribution in [0, 0.1) is 12.9 Å². The zero-order valence-corrected chi connectivity index (χ0v) is 7.70. The number of halogens is 1. The molecule has 0 saturated carbocycles. The fourth-order valence-corrected chi connectivity index (χ4v) is 1.22. The summed E-state index contributed by atoms with van der Waals surface area (Å²) in [6.45, 7) is 1.67. The Hall–Kier alpha value is -1.49. The third kappa shape index (κ3) is 2.50. The SMILES string of the molecule is Cc1cc(F)ncc1C(N)CC(=O)O. The largest absolute Gasteiger partial charge is 0.481 e. The molecule has 1 rings (SSSR count). The first-order chi connectivity index (χ1) is 6.50. The number of hydrogen-bond acceptors (Lipinski definition) is 3. The second-order valence-electron chi connectivity index (χ2n) is 3.07. The number of carboxylic acids is 1. The number of rotatable bonds is 3. The predicted molar refractivity (Wildman–Crippen MR) is 48.1 cm³/mol. The molecule has 5 heteroatoms. The van der Waals surface area contributed by atoms with E-state index in [4.69, 9.17) is 10.8 Å². The third-order valence-electron chi connectivity index (χ3n) is 1.91. The van der Waals surface area contributed by atoms with Gasteiger partial charge in [-0.25, -0.2) is 4.98 Å². The smallest absolute Gasteiger partial charge is 0.305 e. The predicted octanol–water partition coefficient (Wildman–Crippen LogP) is 1.00. The lowest BCUT2D eigenvalue weighted by Gasteiger charge is -2.11. The number of aliphatic carboxylic acids is 1. The molecule has 76 valence electrons. The molecule has 1 atom stereocenters. The summed E-state index contributed by atoms with van der Waals surface area (Å²) in [5, 5.41) is 8.52. The average Bonchev–Trinajstić information content (AvgIpc) is 2.01. The molecule has 0 aromatic carbocycles. The van der Waals surface area contributed by atoms with Crippen LogP contribution in [0.15, 0.2) is 12.3 Å². The maximum absolute atomic E-state index is 12.6. The zero-order valence-electron chi connectivity index (χ0n) is 7.70. The van der Waals surface area contributed by atoms with E-state index in [0.29, 0.717) is 11.1 Å². The lowest BCUT2D eigenvalue weighted by molar-refractivity contribution is -0.137. The van der Waals surface area contributed by atoms with Crippen LogP contribution >= 0.6 is 0 Å². The van der Waals surface area contributed by atoms with Gasteiger partial charge in [0.2, 0.25) is 5.95 Å². The van der Waals surface area contributed by atoms with Gasteiger partial charge >= 0.3 is 5.97 Å². The van der Waals surface area contributed by atoms with Gasteiger partial charge in [-0.2, -0.15) is 4.39 Å². The normalized spacial score (nSPS) is 12.5. The number of carboxylic acid groups (broad SMARTS) is 1. The lowest BCUT2D eigenvalue weighted by atomic mass is 10.0. The molecule has 0 aliphatic rings. The van der Waals surface area contributed by atoms with Crippen molar-refractivity contribution in [2.45, 2.75) is 19.4 Å². The molecule has 0 aliphatic heterocycles. The summed E-state index contributed by atoms with van der Waals surface area (Å²) in [6.07, 6.45) is 1.09. The minimum absolute atomic E-state index is 0.186. The molecule has 3 N–H and O–H groups in total. The van der Waals surface area contributed by atoms with Gasteiger partial charge in [-0.15, -0.1) is 0 Å². The summed E-state index contributed by atoms with van der Waals surface area (Å²) < 4.78 is 12.6. The van der Waals surface area contributed by atoms with Gasteiger partial charge in [-0.1, -0.05) is 0 Å². The number of nitrogens with two attached hydrogens (primary N) is 1. The summed E-state index contributed by atoms with van der Waals surface area (Å²) in [6, 6.07) is 0.595. The van der Waals surface area contributed by atoms with E-state index in [2.05, 4.69) is 4.98 Å². The molecule has 0 spiro atoms. The van der Waals surface area contributed by atoms with Crippen molar-refractivity contribution in [3.8, 4) is 0 Å². The van der Waals surface area contributed by atoms with Crippen LogP contribution in [0.3, 0.4) is 0 Å². The lowest BCUT2D eigenvalue weighted by Crippen LogP contribution is -2.16. The van der Waals surface area contributed by atoms with Gasteiger partial charge in [0.25, 0.3) is 0 Å². The highest BCUT2D eigenvalue weighted by molar-refractivity contribution is 5.67. The number of aryl methyl sites for hydroxylation is 1. The zero-order chi connectivity index (χ0) is 10.7. The van der Waals surface area contributed by atoms with Crippen molar-refractivity contribution in [2.75, 3.05) is 0 Å². The Balaban J connectivity index is 2.90. The van der Waals surface area contributed by atoms with E-state index < -0.39 is 18.0 Å². The Bertz CT molecular complexity index is 355. The first-order valence-electron chi connectivity index (χ1n) is 4.10. The Morgan fingerprint density at radius 1 is 1.79 bits per heavy atom. The van der Waals surface area contributed by atoms with Gasteiger partial charge in [-0.05, 0) is 24.1 Å². The molecular formula is C9H11FN2O2. The molecule has 1 unspecified atom stereocenters. The molecule has 0 amide bonds. The van der Waals surface area contributed by atoms with Crippen molar-refractivity contribution < 1.29 is 14.3 Å². The van der Waals surface area contributed by atoms with Crippen LogP contribution in [-0.4, -0.2) is 16.1 Å². The van der Waals surface area contributed by atoms with Crippen LogP contribution in [0.2, 0.25) is 0 Å². The van der Waals surface area contributed by atoms with E-state index in [1.807, 2.05) is 0 Å². The van der Waals surface area contributed by atoms with Gasteiger partial charge < -0.3 is 10.8 Å². The number of aromatic nitrogens is 1. The molecule has 0 bridgehead atoms. The fourth-order valence-electron chi connectivity index (χ4n) is 1.22. The maximum atomic E-state index is 12.6. The van der Waals surface area contributed by atoms with E-state index in [9.17, 15) is 9.18 Å². The molecule has 4 nitrogen and oxygen atoms in total. The molecule has 1 heterocycles. The first kappa shape index (κ1) is 10.6. The standard InChI is InChI=1S/C9H11FN2O2/c1-5-2-8(10)12-4-6(5)7(11)3-9(13)14/h2,4,7H,3,11H2,1H3,(H,13,14). The Kier molecular flexibility index (Phi) is 3.14. The van der Waals surface area contributed by atoms with E-state index in [1.54, 1.807) is 6.92 Å². The third-order valence-corrected chi connectivity index (χ3v) is 1.91. The fraction of sp³-hybridized carbons (Fsp3) is 0.333. The van der Waals surface area contributed by atoms with E-state index in [1.165, 1.54) is 12.3 Å². The number of nitrogens with zero attached hydrogens (tertiary/aromatic N) is 1. The molecule has 14 heavy (non-hydrogen) atoms. The van der Waals surface area contributed by atoms with Crippen molar-refractivity contribution in [3.05, 3.63) is 29.3 Å². The number of hydrogen-bond donors (Lipinski definition) is 2. The summed E-state index contributed by atoms with van der Waals surface area (Å²) in [5.41, 5.74) is 6.78. The molecular weight excluding hydrogens is 187 g/mol. The molecule has 0 aliphatic carbocycles. The second-order valence-corrected chi connectivity index (χ2v) is 3.07. The van der Waals surface area contributed by atoms with Crippen LogP contribution in [-0.2, 0) is 4.79 Å². The van der Waals surface area contributed by atoms with E-state index >= 15 is 0 Å². The Morgan fingerprint density at radius 3 is 2.93 bits per heavy atom. The van der Waals surface area contributed by atoms with Crippen molar-refractivity contribution >= 4 is 5.97 Å².